The van der Waals surface area contributed by atoms with Crippen molar-refractivity contribution in [2.45, 2.75) is 25.3 Å². The second-order valence-electron chi connectivity index (χ2n) is 6.56. The minimum absolute atomic E-state index is 0.0329. The molecular formula is C18H17F3N4O3S. The quantitative estimate of drug-likeness (QED) is 0.664. The number of rotatable bonds is 4. The number of benzene rings is 2. The standard InChI is InChI=1S/C18H17F3N4O3S/c1-10(2)29(27,28)25-15-8-7-13(9-14(15)24-17(25)22)23-16(26)11-3-5-12(6-4-11)18(19,20)21/h3-10H,1-2H3,(H2,22,24)(H,23,26). The Kier molecular flexibility index (Phi) is 5.03. The number of carbonyl (C=O) groups is 1. The van der Waals surface area contributed by atoms with Crippen molar-refractivity contribution in [3.8, 4) is 0 Å². The molecule has 1 heterocycles. The summed E-state index contributed by atoms with van der Waals surface area (Å²) in [5.74, 6) is -0.833. The van der Waals surface area contributed by atoms with Gasteiger partial charge in [-0.2, -0.15) is 13.2 Å². The van der Waals surface area contributed by atoms with Gasteiger partial charge in [0.2, 0.25) is 16.0 Å². The Hall–Kier alpha value is -3.08. The molecule has 1 amide bonds. The fourth-order valence-electron chi connectivity index (χ4n) is 2.65. The van der Waals surface area contributed by atoms with E-state index in [1.165, 1.54) is 32.0 Å². The Morgan fingerprint density at radius 2 is 1.76 bits per heavy atom. The molecule has 0 fully saturated rings. The minimum Gasteiger partial charge on any atom is -0.368 e. The molecule has 154 valence electrons. The fraction of sp³-hybridized carbons (Fsp3) is 0.222. The van der Waals surface area contributed by atoms with Crippen LogP contribution in [0.3, 0.4) is 0 Å². The predicted octanol–water partition coefficient (Wildman–Crippen LogP) is 3.48. The number of nitrogens with one attached hydrogen (secondary N) is 1. The summed E-state index contributed by atoms with van der Waals surface area (Å²) in [5, 5.41) is 1.82. The van der Waals surface area contributed by atoms with Gasteiger partial charge in [-0.1, -0.05) is 0 Å². The van der Waals surface area contributed by atoms with Crippen molar-refractivity contribution in [1.82, 2.24) is 8.96 Å². The van der Waals surface area contributed by atoms with Gasteiger partial charge in [0.15, 0.2) is 0 Å². The Morgan fingerprint density at radius 1 is 1.14 bits per heavy atom. The van der Waals surface area contributed by atoms with Gasteiger partial charge < -0.3 is 11.1 Å². The highest BCUT2D eigenvalue weighted by Crippen LogP contribution is 2.29. The van der Waals surface area contributed by atoms with Crippen molar-refractivity contribution < 1.29 is 26.4 Å². The van der Waals surface area contributed by atoms with E-state index < -0.39 is 32.9 Å². The number of nitrogens with two attached hydrogens (primary N) is 1. The molecule has 0 saturated carbocycles. The third-order valence-electron chi connectivity index (χ3n) is 4.22. The van der Waals surface area contributed by atoms with Crippen LogP contribution >= 0.6 is 0 Å². The molecule has 3 N–H and O–H groups in total. The van der Waals surface area contributed by atoms with Crippen molar-refractivity contribution in [1.29, 1.82) is 0 Å². The van der Waals surface area contributed by atoms with Crippen molar-refractivity contribution >= 4 is 38.6 Å². The van der Waals surface area contributed by atoms with Gasteiger partial charge in [0.25, 0.3) is 5.91 Å². The first-order valence-corrected chi connectivity index (χ1v) is 9.92. The largest absolute Gasteiger partial charge is 0.416 e. The van der Waals surface area contributed by atoms with E-state index in [-0.39, 0.29) is 28.2 Å². The van der Waals surface area contributed by atoms with Crippen LogP contribution in [-0.4, -0.2) is 28.5 Å². The lowest BCUT2D eigenvalue weighted by Gasteiger charge is -2.11. The number of fused-ring (bicyclic) bond motifs is 1. The first-order valence-electron chi connectivity index (χ1n) is 8.42. The van der Waals surface area contributed by atoms with Crippen molar-refractivity contribution in [3.63, 3.8) is 0 Å². The number of amides is 1. The monoisotopic (exact) mass is 426 g/mol. The smallest absolute Gasteiger partial charge is 0.368 e. The molecule has 29 heavy (non-hydrogen) atoms. The fourth-order valence-corrected chi connectivity index (χ4v) is 3.80. The molecule has 0 atom stereocenters. The molecule has 7 nitrogen and oxygen atoms in total. The van der Waals surface area contributed by atoms with E-state index in [9.17, 15) is 26.4 Å². The molecule has 2 aromatic carbocycles. The SMILES string of the molecule is CC(C)S(=O)(=O)n1c(N)nc2cc(NC(=O)c3ccc(C(F)(F)F)cc3)ccc21. The third-order valence-corrected chi connectivity index (χ3v) is 6.30. The van der Waals surface area contributed by atoms with Crippen LogP contribution in [-0.2, 0) is 16.2 Å². The van der Waals surface area contributed by atoms with Crippen molar-refractivity contribution in [2.24, 2.45) is 0 Å². The van der Waals surface area contributed by atoms with Crippen LogP contribution in [0.4, 0.5) is 24.8 Å². The highest BCUT2D eigenvalue weighted by molar-refractivity contribution is 7.90. The summed E-state index contributed by atoms with van der Waals surface area (Å²) >= 11 is 0. The lowest BCUT2D eigenvalue weighted by atomic mass is 10.1. The van der Waals surface area contributed by atoms with Crippen LogP contribution in [0.5, 0.6) is 0 Å². The van der Waals surface area contributed by atoms with E-state index in [4.69, 9.17) is 5.73 Å². The molecule has 3 aromatic rings. The molecule has 0 aliphatic heterocycles. The van der Waals surface area contributed by atoms with E-state index in [0.717, 1.165) is 28.2 Å². The number of halogens is 3. The Balaban J connectivity index is 1.89. The second-order valence-corrected chi connectivity index (χ2v) is 8.90. The van der Waals surface area contributed by atoms with Crippen LogP contribution in [0.15, 0.2) is 42.5 Å². The van der Waals surface area contributed by atoms with Crippen LogP contribution in [0.2, 0.25) is 0 Å². The van der Waals surface area contributed by atoms with Gasteiger partial charge in [0, 0.05) is 11.3 Å². The first kappa shape index (κ1) is 20.6. The van der Waals surface area contributed by atoms with Crippen LogP contribution in [0.25, 0.3) is 11.0 Å². The van der Waals surface area contributed by atoms with Crippen molar-refractivity contribution in [3.05, 3.63) is 53.6 Å². The number of alkyl halides is 3. The lowest BCUT2D eigenvalue weighted by Crippen LogP contribution is -2.23. The molecule has 11 heteroatoms. The minimum atomic E-state index is -4.49. The Bertz CT molecular complexity index is 1180. The van der Waals surface area contributed by atoms with Crippen LogP contribution in [0.1, 0.15) is 29.8 Å². The Labute approximate surface area is 164 Å². The molecule has 0 aliphatic carbocycles. The number of anilines is 2. The summed E-state index contributed by atoms with van der Waals surface area (Å²) in [6, 6.07) is 8.10. The molecule has 0 bridgehead atoms. The lowest BCUT2D eigenvalue weighted by molar-refractivity contribution is -0.137. The van der Waals surface area contributed by atoms with Gasteiger partial charge in [-0.25, -0.2) is 17.4 Å². The van der Waals surface area contributed by atoms with E-state index in [1.807, 2.05) is 0 Å². The highest BCUT2D eigenvalue weighted by Gasteiger charge is 2.30. The molecule has 0 unspecified atom stereocenters. The van der Waals surface area contributed by atoms with Gasteiger partial charge in [0.1, 0.15) is 0 Å². The topological polar surface area (TPSA) is 107 Å². The zero-order valence-corrected chi connectivity index (χ0v) is 16.2. The number of nitrogen functional groups attached to an aromatic ring is 1. The number of imidazole rings is 1. The summed E-state index contributed by atoms with van der Waals surface area (Å²) in [6.45, 7) is 3.03. The molecule has 1 aromatic heterocycles. The average Bonchev–Trinajstić information content (AvgIpc) is 2.96. The highest BCUT2D eigenvalue weighted by atomic mass is 32.2. The number of hydrogen-bond acceptors (Lipinski definition) is 5. The molecular weight excluding hydrogens is 409 g/mol. The predicted molar refractivity (Wildman–Crippen MR) is 103 cm³/mol. The normalized spacial score (nSPS) is 12.5. The molecule has 0 spiro atoms. The van der Waals surface area contributed by atoms with Gasteiger partial charge in [0.05, 0.1) is 21.8 Å². The molecule has 0 saturated heterocycles. The molecule has 0 aliphatic rings. The Morgan fingerprint density at radius 3 is 2.31 bits per heavy atom. The number of carbonyl (C=O) groups excluding carboxylic acids is 1. The maximum absolute atomic E-state index is 12.6. The number of aromatic nitrogens is 2. The molecule has 3 rings (SSSR count). The van der Waals surface area contributed by atoms with E-state index in [2.05, 4.69) is 10.3 Å². The summed E-state index contributed by atoms with van der Waals surface area (Å²) in [4.78, 5) is 16.3. The summed E-state index contributed by atoms with van der Waals surface area (Å²) in [7, 11) is -3.74. The zero-order valence-electron chi connectivity index (χ0n) is 15.4. The number of hydrogen-bond donors (Lipinski definition) is 2. The zero-order chi connectivity index (χ0) is 21.6. The number of nitrogens with zero attached hydrogens (tertiary/aromatic N) is 2. The maximum atomic E-state index is 12.6. The summed E-state index contributed by atoms with van der Waals surface area (Å²) in [5.41, 5.74) is 5.72. The van der Waals surface area contributed by atoms with E-state index in [1.54, 1.807) is 0 Å². The van der Waals surface area contributed by atoms with Gasteiger partial charge in [-0.3, -0.25) is 4.79 Å². The summed E-state index contributed by atoms with van der Waals surface area (Å²) < 4.78 is 63.7. The first-order chi connectivity index (χ1) is 13.4. The van der Waals surface area contributed by atoms with Crippen LogP contribution in [0, 0.1) is 0 Å². The third kappa shape index (κ3) is 3.90. The van der Waals surface area contributed by atoms with Gasteiger partial charge in [-0.05, 0) is 56.3 Å². The van der Waals surface area contributed by atoms with Crippen molar-refractivity contribution in [2.75, 3.05) is 11.1 Å². The average molecular weight is 426 g/mol. The van der Waals surface area contributed by atoms with Crippen LogP contribution < -0.4 is 11.1 Å². The summed E-state index contributed by atoms with van der Waals surface area (Å²) in [6.07, 6.45) is -4.49. The van der Waals surface area contributed by atoms with E-state index >= 15 is 0 Å². The van der Waals surface area contributed by atoms with Gasteiger partial charge in [-0.15, -0.1) is 0 Å². The molecule has 0 radical (unpaired) electrons. The van der Waals surface area contributed by atoms with E-state index in [0.29, 0.717) is 0 Å². The maximum Gasteiger partial charge on any atom is 0.416 e. The van der Waals surface area contributed by atoms with Gasteiger partial charge >= 0.3 is 6.18 Å². The second kappa shape index (κ2) is 7.07.